The van der Waals surface area contributed by atoms with Crippen molar-refractivity contribution in [2.24, 2.45) is 5.41 Å². The second-order valence-corrected chi connectivity index (χ2v) is 5.16. The van der Waals surface area contributed by atoms with Gasteiger partial charge in [-0.15, -0.1) is 0 Å². The largest absolute Gasteiger partial charge is 0.375 e. The summed E-state index contributed by atoms with van der Waals surface area (Å²) in [5.41, 5.74) is 0.344. The molecule has 1 N–H and O–H groups in total. The van der Waals surface area contributed by atoms with Gasteiger partial charge in [0.2, 0.25) is 0 Å². The first-order valence-electron chi connectivity index (χ1n) is 6.41. The van der Waals surface area contributed by atoms with Crippen LogP contribution in [0.2, 0.25) is 0 Å². The van der Waals surface area contributed by atoms with Crippen molar-refractivity contribution < 1.29 is 4.74 Å². The molecule has 1 fully saturated rings. The zero-order chi connectivity index (χ0) is 11.5. The summed E-state index contributed by atoms with van der Waals surface area (Å²) in [6, 6.07) is 0.640. The van der Waals surface area contributed by atoms with Crippen LogP contribution in [0.3, 0.4) is 0 Å². The van der Waals surface area contributed by atoms with Gasteiger partial charge >= 0.3 is 0 Å². The second kappa shape index (κ2) is 5.31. The lowest BCUT2D eigenvalue weighted by atomic mass is 9.61. The predicted molar refractivity (Wildman–Crippen MR) is 65.1 cm³/mol. The highest BCUT2D eigenvalue weighted by atomic mass is 16.5. The van der Waals surface area contributed by atoms with Crippen molar-refractivity contribution >= 4 is 0 Å². The van der Waals surface area contributed by atoms with E-state index < -0.39 is 0 Å². The molecule has 1 aliphatic carbocycles. The minimum absolute atomic E-state index is 0.344. The Morgan fingerprint density at radius 2 is 2.13 bits per heavy atom. The molecular weight excluding hydrogens is 186 g/mol. The number of ether oxygens (including phenoxy) is 1. The van der Waals surface area contributed by atoms with Gasteiger partial charge in [0, 0.05) is 11.5 Å². The molecule has 1 saturated carbocycles. The Balaban J connectivity index is 2.44. The van der Waals surface area contributed by atoms with Crippen LogP contribution in [0.4, 0.5) is 0 Å². The van der Waals surface area contributed by atoms with Gasteiger partial charge in [-0.05, 0) is 33.2 Å². The summed E-state index contributed by atoms with van der Waals surface area (Å²) in [7, 11) is 2.06. The van der Waals surface area contributed by atoms with Crippen LogP contribution >= 0.6 is 0 Å². The third kappa shape index (κ3) is 2.54. The lowest BCUT2D eigenvalue weighted by Gasteiger charge is -2.54. The summed E-state index contributed by atoms with van der Waals surface area (Å²) >= 11 is 0. The molecule has 0 radical (unpaired) electrons. The van der Waals surface area contributed by atoms with E-state index in [0.717, 1.165) is 0 Å². The predicted octanol–water partition coefficient (Wildman–Crippen LogP) is 2.97. The molecule has 0 heterocycles. The van der Waals surface area contributed by atoms with Gasteiger partial charge in [0.25, 0.3) is 0 Å². The van der Waals surface area contributed by atoms with E-state index in [9.17, 15) is 0 Å². The van der Waals surface area contributed by atoms with E-state index in [2.05, 4.69) is 40.1 Å². The van der Waals surface area contributed by atoms with E-state index in [4.69, 9.17) is 4.74 Å². The van der Waals surface area contributed by atoms with Crippen molar-refractivity contribution in [1.29, 1.82) is 0 Å². The Labute approximate surface area is 94.8 Å². The molecule has 15 heavy (non-hydrogen) atoms. The summed E-state index contributed by atoms with van der Waals surface area (Å²) in [6.45, 7) is 9.04. The normalized spacial score (nSPS) is 37.4. The van der Waals surface area contributed by atoms with Crippen LogP contribution < -0.4 is 5.32 Å². The topological polar surface area (TPSA) is 21.3 Å². The van der Waals surface area contributed by atoms with E-state index in [1.54, 1.807) is 0 Å². The van der Waals surface area contributed by atoms with Gasteiger partial charge in [-0.2, -0.15) is 0 Å². The Hall–Kier alpha value is -0.0800. The average molecular weight is 213 g/mol. The molecule has 0 aromatic carbocycles. The fourth-order valence-corrected chi connectivity index (χ4v) is 2.70. The summed E-state index contributed by atoms with van der Waals surface area (Å²) in [6.07, 6.45) is 5.65. The van der Waals surface area contributed by atoms with Gasteiger partial charge in [-0.25, -0.2) is 0 Å². The fourth-order valence-electron chi connectivity index (χ4n) is 2.70. The maximum atomic E-state index is 6.13. The van der Waals surface area contributed by atoms with Gasteiger partial charge in [-0.1, -0.05) is 27.2 Å². The van der Waals surface area contributed by atoms with Crippen molar-refractivity contribution in [3.05, 3.63) is 0 Å². The first-order chi connectivity index (χ1) is 7.08. The number of rotatable bonds is 6. The molecule has 0 spiro atoms. The van der Waals surface area contributed by atoms with Crippen LogP contribution in [0.25, 0.3) is 0 Å². The first-order valence-corrected chi connectivity index (χ1v) is 6.41. The molecule has 0 amide bonds. The zero-order valence-corrected chi connectivity index (χ0v) is 11.0. The Morgan fingerprint density at radius 1 is 1.47 bits per heavy atom. The van der Waals surface area contributed by atoms with Crippen LogP contribution in [0, 0.1) is 5.41 Å². The Kier molecular flexibility index (Phi) is 4.60. The highest BCUT2D eigenvalue weighted by molar-refractivity contribution is 5.04. The van der Waals surface area contributed by atoms with Crippen LogP contribution in [-0.4, -0.2) is 25.3 Å². The quantitative estimate of drug-likeness (QED) is 0.732. The van der Waals surface area contributed by atoms with Gasteiger partial charge in [0.15, 0.2) is 0 Å². The van der Waals surface area contributed by atoms with Crippen LogP contribution in [0.15, 0.2) is 0 Å². The van der Waals surface area contributed by atoms with E-state index in [1.807, 2.05) is 0 Å². The summed E-state index contributed by atoms with van der Waals surface area (Å²) in [5, 5.41) is 3.40. The zero-order valence-electron chi connectivity index (χ0n) is 11.0. The molecule has 90 valence electrons. The van der Waals surface area contributed by atoms with Crippen molar-refractivity contribution in [2.75, 3.05) is 7.05 Å². The van der Waals surface area contributed by atoms with Crippen molar-refractivity contribution in [3.8, 4) is 0 Å². The maximum Gasteiger partial charge on any atom is 0.0662 e. The van der Waals surface area contributed by atoms with Gasteiger partial charge in [0.1, 0.15) is 0 Å². The maximum absolute atomic E-state index is 6.13. The fraction of sp³-hybridized carbons (Fsp3) is 1.00. The van der Waals surface area contributed by atoms with E-state index in [-0.39, 0.29) is 0 Å². The Bertz CT molecular complexity index is 195. The van der Waals surface area contributed by atoms with E-state index in [1.165, 1.54) is 25.7 Å². The van der Waals surface area contributed by atoms with E-state index >= 15 is 0 Å². The van der Waals surface area contributed by atoms with Crippen LogP contribution in [-0.2, 0) is 4.74 Å². The summed E-state index contributed by atoms with van der Waals surface area (Å²) in [4.78, 5) is 0. The number of nitrogens with one attached hydrogen (secondary N) is 1. The van der Waals surface area contributed by atoms with Crippen molar-refractivity contribution in [3.63, 3.8) is 0 Å². The molecule has 0 aromatic heterocycles. The Morgan fingerprint density at radius 3 is 2.60 bits per heavy atom. The lowest BCUT2D eigenvalue weighted by Crippen LogP contribution is -2.61. The molecule has 2 heteroatoms. The van der Waals surface area contributed by atoms with E-state index in [0.29, 0.717) is 23.7 Å². The van der Waals surface area contributed by atoms with Crippen molar-refractivity contribution in [2.45, 2.75) is 71.6 Å². The first kappa shape index (κ1) is 13.0. The highest BCUT2D eigenvalue weighted by Gasteiger charge is 2.50. The molecule has 2 nitrogen and oxygen atoms in total. The van der Waals surface area contributed by atoms with Crippen LogP contribution in [0.5, 0.6) is 0 Å². The van der Waals surface area contributed by atoms with Gasteiger partial charge in [-0.3, -0.25) is 0 Å². The minimum atomic E-state index is 0.344. The standard InChI is InChI=1S/C13H27NO/c1-6-8-10(3)15-12-9-11(14-5)13(12,4)7-2/h10-12,14H,6-9H2,1-5H3. The minimum Gasteiger partial charge on any atom is -0.375 e. The molecule has 0 bridgehead atoms. The third-order valence-electron chi connectivity index (χ3n) is 4.18. The highest BCUT2D eigenvalue weighted by Crippen LogP contribution is 2.46. The summed E-state index contributed by atoms with van der Waals surface area (Å²) in [5.74, 6) is 0. The average Bonchev–Trinajstić information content (AvgIpc) is 2.22. The molecule has 1 rings (SSSR count). The molecule has 0 aliphatic heterocycles. The van der Waals surface area contributed by atoms with Gasteiger partial charge in [0.05, 0.1) is 12.2 Å². The molecular formula is C13H27NO. The number of hydrogen-bond donors (Lipinski definition) is 1. The molecule has 0 aromatic rings. The third-order valence-corrected chi connectivity index (χ3v) is 4.18. The molecule has 4 atom stereocenters. The van der Waals surface area contributed by atoms with Gasteiger partial charge < -0.3 is 10.1 Å². The molecule has 0 saturated heterocycles. The lowest BCUT2D eigenvalue weighted by molar-refractivity contribution is -0.152. The monoisotopic (exact) mass is 213 g/mol. The van der Waals surface area contributed by atoms with Crippen molar-refractivity contribution in [1.82, 2.24) is 5.32 Å². The molecule has 1 aliphatic rings. The molecule has 4 unspecified atom stereocenters. The second-order valence-electron chi connectivity index (χ2n) is 5.16. The smallest absolute Gasteiger partial charge is 0.0662 e. The van der Waals surface area contributed by atoms with Crippen LogP contribution in [0.1, 0.15) is 53.4 Å². The SMILES string of the molecule is CCCC(C)OC1CC(NC)C1(C)CC. The summed E-state index contributed by atoms with van der Waals surface area (Å²) < 4.78 is 6.13. The number of hydrogen-bond acceptors (Lipinski definition) is 2.